The Bertz CT molecular complexity index is 5520. The molecule has 11 aromatic rings. The fourth-order valence-corrected chi connectivity index (χ4v) is 10.8. The van der Waals surface area contributed by atoms with Gasteiger partial charge in [-0.15, -0.1) is 6.58 Å². The Morgan fingerprint density at radius 2 is 0.552 bits per heavy atom. The first-order chi connectivity index (χ1) is 65.0. The van der Waals surface area contributed by atoms with E-state index in [1.54, 1.807) is 153 Å². The zero-order valence-electron chi connectivity index (χ0n) is 74.7. The third kappa shape index (κ3) is 41.1. The summed E-state index contributed by atoms with van der Waals surface area (Å²) in [4.78, 5) is 60.3. The third-order valence-electron chi connectivity index (χ3n) is 15.9. The van der Waals surface area contributed by atoms with Gasteiger partial charge in [0.15, 0.2) is 0 Å². The van der Waals surface area contributed by atoms with Crippen LogP contribution < -0.4 is 75.8 Å². The molecule has 24 heteroatoms. The second-order valence-corrected chi connectivity index (χ2v) is 25.7. The lowest BCUT2D eigenvalue weighted by atomic mass is 10.1. The highest BCUT2D eigenvalue weighted by molar-refractivity contribution is 8.02. The SMILES string of the molecule is C=CC(=O)Oc1cccc(OC(=O)C=C)c1.C=CCc1cccc(OC=C)c1.C=CN(C)C(=O)c1cccc(C(=O)N(C)C=C)c1.C=COc1cc(OC=C)cc(OC=C)c1.C=COc1ccc(OC=C)c2c(OC=C)cccc12.C=COc1ccc(OC=C)cc1.C=COc1cccc(OC(=O)C=C)c1.C=COc1cccc(SC=C)c1.C=COc1cccc2c(OC=C)cccc12. The van der Waals surface area contributed by atoms with Crippen molar-refractivity contribution in [3.63, 3.8) is 0 Å². The molecule has 0 saturated carbocycles. The van der Waals surface area contributed by atoms with E-state index in [1.807, 2.05) is 109 Å². The first-order valence-electron chi connectivity index (χ1n) is 39.6. The monoisotopic (exact) mass is 1820 g/mol. The van der Waals surface area contributed by atoms with Gasteiger partial charge in [0.2, 0.25) is 0 Å². The minimum atomic E-state index is -0.577. The summed E-state index contributed by atoms with van der Waals surface area (Å²) in [6.07, 6.45) is 26.6. The standard InChI is InChI=1S/C16H14O3.C14H16N2O2.C14H12O2.C12H10O4.C12H12O3.C11H10O3.C11H12O.C10H10O2.C10H10OS/c1-4-17-13-10-11-15(19-6-3)16-12(13)8-7-9-14(16)18-5-2;1-5-15(3)13(17)11-8-7-9-12(10-11)14(18)16(4)6-2;1-3-15-13-9-5-8-12-11(13)7-6-10-14(12)16-4-2;1-3-11(13)15-9-6-5-7-10(8-9)16-12(14)4-2;1-4-13-10-7-11(14-5-2)9-12(8-10)15-6-3;1-3-11(12)14-10-7-5-6-9(8-10)13-4-2;1-3-6-10-7-5-8-11(9-10)12-4-2;1-3-11-9-5-7-10(8-6-9)12-4-2;1-3-11-9-6-5-7-10(8-9)12-4-2/h4-11H,1-3H2;5-10H,1-2H2,3-4H3;3-10H,1-2H2;3-8H,1-2H2;4-9H,1-3H2;3-8H,1-2H2;3-5,7-9H,1-2,6H2;2*3-8H,1-2H2. The van der Waals surface area contributed by atoms with Gasteiger partial charge in [-0.3, -0.25) is 9.59 Å². The van der Waals surface area contributed by atoms with Crippen molar-refractivity contribution in [2.45, 2.75) is 11.3 Å². The molecule has 0 aliphatic heterocycles. The molecule has 134 heavy (non-hydrogen) atoms. The molecule has 2 amide bonds. The van der Waals surface area contributed by atoms with Gasteiger partial charge < -0.3 is 85.6 Å². The van der Waals surface area contributed by atoms with Crippen molar-refractivity contribution in [3.05, 3.63) is 502 Å². The summed E-state index contributed by atoms with van der Waals surface area (Å²) in [5, 5.41) is 5.41. The van der Waals surface area contributed by atoms with Crippen LogP contribution >= 0.6 is 11.8 Å². The van der Waals surface area contributed by atoms with Crippen molar-refractivity contribution in [3.8, 4) is 92.0 Å². The molecule has 0 unspecified atom stereocenters. The van der Waals surface area contributed by atoms with Gasteiger partial charge in [0.25, 0.3) is 11.8 Å². The summed E-state index contributed by atoms with van der Waals surface area (Å²) in [5.74, 6) is 7.76. The minimum Gasteiger partial charge on any atom is -0.466 e. The average Bonchev–Trinajstić information content (AvgIpc) is 0.784. The largest absolute Gasteiger partial charge is 0.466 e. The normalized spacial score (nSPS) is 9.18. The number of benzene rings is 11. The highest BCUT2D eigenvalue weighted by Crippen LogP contribution is 2.40. The van der Waals surface area contributed by atoms with Crippen LogP contribution in [0, 0.1) is 0 Å². The van der Waals surface area contributed by atoms with Crippen LogP contribution in [0.5, 0.6) is 92.0 Å². The van der Waals surface area contributed by atoms with Gasteiger partial charge in [-0.05, 0) is 157 Å². The Balaban J connectivity index is 0.000000390. The molecule has 0 bridgehead atoms. The highest BCUT2D eigenvalue weighted by Gasteiger charge is 2.16. The molecule has 11 rings (SSSR count). The van der Waals surface area contributed by atoms with Crippen molar-refractivity contribution in [2.24, 2.45) is 0 Å². The summed E-state index contributed by atoms with van der Waals surface area (Å²) >= 11 is 1.56. The summed E-state index contributed by atoms with van der Waals surface area (Å²) in [5.41, 5.74) is 2.09. The number of thioether (sulfide) groups is 1. The molecular weight excluding hydrogens is 1720 g/mol. The quantitative estimate of drug-likeness (QED) is 0.00866. The van der Waals surface area contributed by atoms with E-state index in [1.165, 1.54) is 115 Å². The summed E-state index contributed by atoms with van der Waals surface area (Å²) in [6.45, 7) is 69.6. The van der Waals surface area contributed by atoms with Crippen LogP contribution in [-0.4, -0.2) is 53.6 Å². The van der Waals surface area contributed by atoms with E-state index in [9.17, 15) is 24.0 Å². The van der Waals surface area contributed by atoms with Crippen LogP contribution in [0.3, 0.4) is 0 Å². The molecule has 0 spiro atoms. The van der Waals surface area contributed by atoms with Gasteiger partial charge in [0.1, 0.15) is 92.0 Å². The van der Waals surface area contributed by atoms with Crippen molar-refractivity contribution < 1.29 is 99.8 Å². The number of carbonyl (C=O) groups excluding carboxylic acids is 5. The predicted molar refractivity (Wildman–Crippen MR) is 536 cm³/mol. The van der Waals surface area contributed by atoms with E-state index >= 15 is 0 Å². The molecule has 0 aliphatic rings. The number of allylic oxidation sites excluding steroid dienone is 1. The molecule has 0 N–H and O–H groups in total. The van der Waals surface area contributed by atoms with Crippen LogP contribution in [0.4, 0.5) is 0 Å². The second kappa shape index (κ2) is 65.4. The maximum atomic E-state index is 11.9. The van der Waals surface area contributed by atoms with E-state index in [0.717, 1.165) is 85.6 Å². The van der Waals surface area contributed by atoms with Crippen molar-refractivity contribution in [2.75, 3.05) is 14.1 Å². The molecule has 0 radical (unpaired) electrons. The number of ether oxygens (including phenoxy) is 16. The molecule has 0 atom stereocenters. The fraction of sp³-hybridized carbons (Fsp3) is 0.0273. The molecule has 0 heterocycles. The van der Waals surface area contributed by atoms with Gasteiger partial charge in [0.05, 0.1) is 86.8 Å². The molecule has 688 valence electrons. The topological polar surface area (TPSA) is 240 Å². The Kier molecular flexibility index (Phi) is 53.7. The van der Waals surface area contributed by atoms with Crippen molar-refractivity contribution in [1.29, 1.82) is 0 Å². The van der Waals surface area contributed by atoms with Gasteiger partial charge >= 0.3 is 17.9 Å². The van der Waals surface area contributed by atoms with Gasteiger partial charge in [-0.25, -0.2) is 14.4 Å². The number of amides is 2. The first-order valence-corrected chi connectivity index (χ1v) is 40.5. The number of nitrogens with zero attached hydrogens (tertiary/aromatic N) is 2. The lowest BCUT2D eigenvalue weighted by molar-refractivity contribution is -0.130. The van der Waals surface area contributed by atoms with Crippen LogP contribution in [-0.2, 0) is 20.8 Å². The molecule has 0 aliphatic carbocycles. The van der Waals surface area contributed by atoms with E-state index in [-0.39, 0.29) is 23.3 Å². The number of carbonyl (C=O) groups is 5. The van der Waals surface area contributed by atoms with Crippen LogP contribution in [0.2, 0.25) is 0 Å². The Morgan fingerprint density at radius 1 is 0.269 bits per heavy atom. The third-order valence-corrected chi connectivity index (χ3v) is 16.6. The summed E-state index contributed by atoms with van der Waals surface area (Å²) in [7, 11) is 3.22. The zero-order chi connectivity index (χ0) is 98.6. The zero-order valence-corrected chi connectivity index (χ0v) is 75.5. The summed E-state index contributed by atoms with van der Waals surface area (Å²) in [6, 6.07) is 68.0. The molecule has 11 aromatic carbocycles. The number of hydrogen-bond acceptors (Lipinski definition) is 22. The van der Waals surface area contributed by atoms with Crippen LogP contribution in [0.15, 0.2) is 491 Å². The van der Waals surface area contributed by atoms with Crippen LogP contribution in [0.25, 0.3) is 21.5 Å². The first kappa shape index (κ1) is 110. The number of rotatable bonds is 40. The Hall–Kier alpha value is -18.2. The fourth-order valence-electron chi connectivity index (χ4n) is 10.3. The van der Waals surface area contributed by atoms with Crippen molar-refractivity contribution >= 4 is 63.0 Å². The lowest BCUT2D eigenvalue weighted by Gasteiger charge is -2.14. The maximum absolute atomic E-state index is 11.9. The lowest BCUT2D eigenvalue weighted by Crippen LogP contribution is -2.23. The minimum absolute atomic E-state index is 0.207. The predicted octanol–water partition coefficient (Wildman–Crippen LogP) is 26.9. The van der Waals surface area contributed by atoms with E-state index in [0.29, 0.717) is 57.1 Å². The maximum Gasteiger partial charge on any atom is 0.335 e. The smallest absolute Gasteiger partial charge is 0.335 e. The molecule has 0 saturated heterocycles. The number of esters is 3. The molecule has 0 aromatic heterocycles. The Morgan fingerprint density at radius 3 is 0.925 bits per heavy atom. The van der Waals surface area contributed by atoms with Gasteiger partial charge in [0, 0.05) is 94.8 Å². The summed E-state index contributed by atoms with van der Waals surface area (Å²) < 4.78 is 82.1. The van der Waals surface area contributed by atoms with E-state index < -0.39 is 17.9 Å². The van der Waals surface area contributed by atoms with Crippen LogP contribution in [0.1, 0.15) is 26.3 Å². The van der Waals surface area contributed by atoms with E-state index in [2.05, 4.69) is 132 Å². The molecular formula is C110H106N2O21S. The van der Waals surface area contributed by atoms with E-state index in [4.69, 9.17) is 75.8 Å². The number of fused-ring (bicyclic) bond motifs is 2. The molecule has 23 nitrogen and oxygen atoms in total. The highest BCUT2D eigenvalue weighted by atomic mass is 32.2. The average molecular weight is 1820 g/mol. The van der Waals surface area contributed by atoms with Crippen molar-refractivity contribution in [1.82, 2.24) is 9.80 Å². The number of hydrogen-bond donors (Lipinski definition) is 0. The molecule has 0 fully saturated rings. The Labute approximate surface area is 787 Å². The van der Waals surface area contributed by atoms with Gasteiger partial charge in [-0.1, -0.05) is 216 Å². The second-order valence-electron chi connectivity index (χ2n) is 24.7. The van der Waals surface area contributed by atoms with Gasteiger partial charge in [-0.2, -0.15) is 0 Å².